The Labute approximate surface area is 113 Å². The van der Waals surface area contributed by atoms with Crippen molar-refractivity contribution < 1.29 is 9.50 Å². The molecule has 2 nitrogen and oxygen atoms in total. The highest BCUT2D eigenvalue weighted by molar-refractivity contribution is 5.81. The number of halogens is 1. The average Bonchev–Trinajstić information content (AvgIpc) is 2.38. The van der Waals surface area contributed by atoms with Gasteiger partial charge in [-0.25, -0.2) is 4.39 Å². The molecule has 0 saturated carbocycles. The fraction of sp³-hybridized carbons (Fsp3) is 0.438. The molecule has 0 aliphatic rings. The predicted octanol–water partition coefficient (Wildman–Crippen LogP) is 3.52. The average molecular weight is 261 g/mol. The van der Waals surface area contributed by atoms with Crippen molar-refractivity contribution in [2.45, 2.75) is 32.3 Å². The number of aliphatic hydroxyl groups is 1. The Morgan fingerprint density at radius 3 is 2.68 bits per heavy atom. The minimum atomic E-state index is -1.28. The van der Waals surface area contributed by atoms with Gasteiger partial charge in [0.25, 0.3) is 0 Å². The third-order valence-corrected chi connectivity index (χ3v) is 3.30. The summed E-state index contributed by atoms with van der Waals surface area (Å²) in [4.78, 5) is 4.28. The molecule has 1 atom stereocenters. The summed E-state index contributed by atoms with van der Waals surface area (Å²) in [6.45, 7) is 3.26. The van der Waals surface area contributed by atoms with Crippen LogP contribution in [-0.2, 0) is 6.42 Å². The Morgan fingerprint density at radius 2 is 2.00 bits per heavy atom. The van der Waals surface area contributed by atoms with Crippen LogP contribution in [0, 0.1) is 5.92 Å². The van der Waals surface area contributed by atoms with Gasteiger partial charge in [0.05, 0.1) is 11.1 Å². The fourth-order valence-corrected chi connectivity index (χ4v) is 2.60. The summed E-state index contributed by atoms with van der Waals surface area (Å²) in [5.41, 5.74) is 0.551. The van der Waals surface area contributed by atoms with Crippen molar-refractivity contribution in [3.63, 3.8) is 0 Å². The van der Waals surface area contributed by atoms with Crippen molar-refractivity contribution in [1.29, 1.82) is 0 Å². The number of alkyl halides is 1. The molecule has 1 aromatic heterocycles. The summed E-state index contributed by atoms with van der Waals surface area (Å²) < 4.78 is 13.2. The number of para-hydroxylation sites is 1. The first-order chi connectivity index (χ1) is 9.04. The lowest BCUT2D eigenvalue weighted by atomic mass is 9.86. The van der Waals surface area contributed by atoms with E-state index in [2.05, 4.69) is 4.98 Å². The topological polar surface area (TPSA) is 33.1 Å². The lowest BCUT2D eigenvalue weighted by Crippen LogP contribution is -2.35. The molecule has 1 heterocycles. The van der Waals surface area contributed by atoms with E-state index in [-0.39, 0.29) is 5.92 Å². The maximum Gasteiger partial charge on any atom is 0.118 e. The SMILES string of the molecule is CC(C)CC(O)(CF)Cc1ccnc2ccccc12. The van der Waals surface area contributed by atoms with Crippen LogP contribution in [0.15, 0.2) is 36.5 Å². The number of fused-ring (bicyclic) bond motifs is 1. The van der Waals surface area contributed by atoms with Crippen LogP contribution in [0.25, 0.3) is 10.9 Å². The highest BCUT2D eigenvalue weighted by Crippen LogP contribution is 2.26. The lowest BCUT2D eigenvalue weighted by molar-refractivity contribution is -0.00251. The van der Waals surface area contributed by atoms with Crippen molar-refractivity contribution in [2.24, 2.45) is 5.92 Å². The molecule has 0 aliphatic heterocycles. The van der Waals surface area contributed by atoms with Gasteiger partial charge in [0.2, 0.25) is 0 Å². The molecule has 0 amide bonds. The Morgan fingerprint density at radius 1 is 1.26 bits per heavy atom. The fourth-order valence-electron chi connectivity index (χ4n) is 2.60. The van der Waals surface area contributed by atoms with Crippen molar-refractivity contribution in [3.8, 4) is 0 Å². The third-order valence-electron chi connectivity index (χ3n) is 3.30. The monoisotopic (exact) mass is 261 g/mol. The van der Waals surface area contributed by atoms with Crippen molar-refractivity contribution >= 4 is 10.9 Å². The molecule has 102 valence electrons. The van der Waals surface area contributed by atoms with E-state index in [4.69, 9.17) is 0 Å². The number of pyridine rings is 1. The number of nitrogens with zero attached hydrogens (tertiary/aromatic N) is 1. The van der Waals surface area contributed by atoms with Crippen LogP contribution in [0.4, 0.5) is 4.39 Å². The predicted molar refractivity (Wildman–Crippen MR) is 75.8 cm³/mol. The lowest BCUT2D eigenvalue weighted by Gasteiger charge is -2.27. The number of benzene rings is 1. The quantitative estimate of drug-likeness (QED) is 0.893. The summed E-state index contributed by atoms with van der Waals surface area (Å²) >= 11 is 0. The highest BCUT2D eigenvalue weighted by Gasteiger charge is 2.29. The Balaban J connectivity index is 2.34. The smallest absolute Gasteiger partial charge is 0.118 e. The van der Waals surface area contributed by atoms with Crippen molar-refractivity contribution in [2.75, 3.05) is 6.67 Å². The molecule has 3 heteroatoms. The molecular formula is C16H20FNO. The normalized spacial score (nSPS) is 14.8. The van der Waals surface area contributed by atoms with Gasteiger partial charge >= 0.3 is 0 Å². The van der Waals surface area contributed by atoms with Crippen LogP contribution in [0.5, 0.6) is 0 Å². The Hall–Kier alpha value is -1.48. The van der Waals surface area contributed by atoms with Gasteiger partial charge < -0.3 is 5.11 Å². The molecule has 0 radical (unpaired) electrons. The van der Waals surface area contributed by atoms with Crippen LogP contribution in [0.1, 0.15) is 25.8 Å². The van der Waals surface area contributed by atoms with Crippen LogP contribution in [-0.4, -0.2) is 22.4 Å². The molecule has 19 heavy (non-hydrogen) atoms. The van der Waals surface area contributed by atoms with Crippen LogP contribution >= 0.6 is 0 Å². The number of hydrogen-bond acceptors (Lipinski definition) is 2. The van der Waals surface area contributed by atoms with E-state index in [1.54, 1.807) is 6.20 Å². The maximum absolute atomic E-state index is 13.2. The van der Waals surface area contributed by atoms with E-state index in [1.807, 2.05) is 44.2 Å². The molecule has 2 rings (SSSR count). The molecule has 0 bridgehead atoms. The van der Waals surface area contributed by atoms with E-state index in [1.165, 1.54) is 0 Å². The second kappa shape index (κ2) is 5.66. The molecule has 0 saturated heterocycles. The van der Waals surface area contributed by atoms with Gasteiger partial charge in [-0.1, -0.05) is 32.0 Å². The molecule has 1 unspecified atom stereocenters. The zero-order valence-corrected chi connectivity index (χ0v) is 11.4. The summed E-state index contributed by atoms with van der Waals surface area (Å²) in [5, 5.41) is 11.4. The van der Waals surface area contributed by atoms with Gasteiger partial charge in [-0.15, -0.1) is 0 Å². The van der Waals surface area contributed by atoms with Gasteiger partial charge in [-0.05, 0) is 30.0 Å². The van der Waals surface area contributed by atoms with E-state index in [9.17, 15) is 9.50 Å². The summed E-state index contributed by atoms with van der Waals surface area (Å²) in [6.07, 6.45) is 2.50. The minimum absolute atomic E-state index is 0.258. The van der Waals surface area contributed by atoms with Gasteiger partial charge in [-0.3, -0.25) is 4.98 Å². The molecular weight excluding hydrogens is 241 g/mol. The molecule has 1 aromatic carbocycles. The molecule has 0 fully saturated rings. The largest absolute Gasteiger partial charge is 0.387 e. The molecule has 1 N–H and O–H groups in total. The number of rotatable bonds is 5. The van der Waals surface area contributed by atoms with E-state index in [0.29, 0.717) is 12.8 Å². The first-order valence-corrected chi connectivity index (χ1v) is 6.65. The highest BCUT2D eigenvalue weighted by atomic mass is 19.1. The van der Waals surface area contributed by atoms with Crippen LogP contribution < -0.4 is 0 Å². The van der Waals surface area contributed by atoms with E-state index < -0.39 is 12.3 Å². The van der Waals surface area contributed by atoms with Gasteiger partial charge in [0.15, 0.2) is 0 Å². The van der Waals surface area contributed by atoms with Crippen LogP contribution in [0.3, 0.4) is 0 Å². The van der Waals surface area contributed by atoms with Crippen molar-refractivity contribution in [3.05, 3.63) is 42.1 Å². The van der Waals surface area contributed by atoms with E-state index >= 15 is 0 Å². The standard InChI is InChI=1S/C16H20FNO/c1-12(2)9-16(19,11-17)10-13-7-8-18-15-6-4-3-5-14(13)15/h3-8,12,19H,9-11H2,1-2H3. The first kappa shape index (κ1) is 13.9. The second-order valence-corrected chi connectivity index (χ2v) is 5.62. The van der Waals surface area contributed by atoms with Gasteiger partial charge in [0, 0.05) is 18.0 Å². The zero-order chi connectivity index (χ0) is 13.9. The number of aromatic nitrogens is 1. The molecule has 2 aromatic rings. The third kappa shape index (κ3) is 3.29. The summed E-state index contributed by atoms with van der Waals surface area (Å²) in [7, 11) is 0. The maximum atomic E-state index is 13.2. The summed E-state index contributed by atoms with van der Waals surface area (Å²) in [6, 6.07) is 9.61. The number of hydrogen-bond donors (Lipinski definition) is 1. The van der Waals surface area contributed by atoms with Gasteiger partial charge in [0.1, 0.15) is 6.67 Å². The van der Waals surface area contributed by atoms with Crippen molar-refractivity contribution in [1.82, 2.24) is 4.98 Å². The van der Waals surface area contributed by atoms with Crippen LogP contribution in [0.2, 0.25) is 0 Å². The Kier molecular flexibility index (Phi) is 4.15. The Bertz CT molecular complexity index is 550. The zero-order valence-electron chi connectivity index (χ0n) is 11.4. The minimum Gasteiger partial charge on any atom is -0.387 e. The molecule has 0 spiro atoms. The summed E-state index contributed by atoms with van der Waals surface area (Å²) in [5.74, 6) is 0.258. The van der Waals surface area contributed by atoms with Gasteiger partial charge in [-0.2, -0.15) is 0 Å². The second-order valence-electron chi connectivity index (χ2n) is 5.62. The first-order valence-electron chi connectivity index (χ1n) is 6.65. The van der Waals surface area contributed by atoms with E-state index in [0.717, 1.165) is 16.5 Å². The molecule has 0 aliphatic carbocycles.